The number of rotatable bonds is 27. The Kier molecular flexibility index (Phi) is 19.0. The van der Waals surface area contributed by atoms with Crippen LogP contribution >= 0.6 is 23.2 Å². The minimum atomic E-state index is -4.61. The van der Waals surface area contributed by atoms with Crippen molar-refractivity contribution in [2.24, 2.45) is 30.0 Å². The third kappa shape index (κ3) is 13.8. The number of methoxy groups -OCH3 is 1. The quantitative estimate of drug-likeness (QED) is 0.0143. The highest BCUT2D eigenvalue weighted by atomic mass is 35.5. The summed E-state index contributed by atoms with van der Waals surface area (Å²) in [7, 11) is -13.8. The predicted octanol–water partition coefficient (Wildman–Crippen LogP) is 9.23. The number of aliphatic imine (C=N–C) groups is 4. The van der Waals surface area contributed by atoms with Gasteiger partial charge in [0.15, 0.2) is 45.7 Å². The first-order valence-electron chi connectivity index (χ1n) is 29.3. The Morgan fingerprint density at radius 1 is 0.562 bits per heavy atom. The third-order valence-corrected chi connectivity index (χ3v) is 28.3. The van der Waals surface area contributed by atoms with Gasteiger partial charge in [-0.25, -0.2) is 30.0 Å². The number of hydrogen-bond donors (Lipinski definition) is 3. The summed E-state index contributed by atoms with van der Waals surface area (Å²) in [5.41, 5.74) is 4.25. The Bertz CT molecular complexity index is 4160. The van der Waals surface area contributed by atoms with Crippen LogP contribution in [0.25, 0.3) is 21.5 Å². The number of esters is 1. The number of aromatic nitrogens is 2. The molecule has 464 valence electrons. The zero-order valence-electron chi connectivity index (χ0n) is 49.7. The number of halogens is 2. The van der Waals surface area contributed by atoms with E-state index in [1.165, 1.54) is 0 Å². The second-order valence-corrected chi connectivity index (χ2v) is 36.7. The summed E-state index contributed by atoms with van der Waals surface area (Å²) in [6, 6.07) is 34.9. The fourth-order valence-electron chi connectivity index (χ4n) is 11.1. The van der Waals surface area contributed by atoms with Crippen LogP contribution in [0.1, 0.15) is 60.8 Å². The van der Waals surface area contributed by atoms with Crippen molar-refractivity contribution >= 4 is 133 Å². The van der Waals surface area contributed by atoms with Gasteiger partial charge in [-0.15, -0.1) is 0 Å². The molecule has 89 heavy (non-hydrogen) atoms. The van der Waals surface area contributed by atoms with Gasteiger partial charge in [-0.1, -0.05) is 120 Å². The average Bonchev–Trinajstić information content (AvgIpc) is 1.55. The lowest BCUT2D eigenvalue weighted by atomic mass is 10.1. The Labute approximate surface area is 526 Å². The smallest absolute Gasteiger partial charge is 0.423 e. The van der Waals surface area contributed by atoms with Crippen molar-refractivity contribution in [2.75, 3.05) is 53.2 Å². The van der Waals surface area contributed by atoms with Gasteiger partial charge in [0, 0.05) is 76.8 Å². The fourth-order valence-corrected chi connectivity index (χ4v) is 24.9. The van der Waals surface area contributed by atoms with Gasteiger partial charge in [-0.3, -0.25) is 27.4 Å². The summed E-state index contributed by atoms with van der Waals surface area (Å²) < 4.78 is 74.9. The largest absolute Gasteiger partial charge is 0.582 e. The normalized spacial score (nSPS) is 15.7. The monoisotopic (exact) mass is 1320 g/mol. The van der Waals surface area contributed by atoms with Crippen molar-refractivity contribution in [3.63, 3.8) is 0 Å². The van der Waals surface area contributed by atoms with Crippen molar-refractivity contribution in [3.05, 3.63) is 152 Å². The number of amidine groups is 4. The Morgan fingerprint density at radius 3 is 1.49 bits per heavy atom. The summed E-state index contributed by atoms with van der Waals surface area (Å²) >= 11 is 12.3. The topological polar surface area (TPSA) is 269 Å². The van der Waals surface area contributed by atoms with E-state index in [9.17, 15) is 27.4 Å². The summed E-state index contributed by atoms with van der Waals surface area (Å²) in [5, 5.41) is 8.69. The number of benzene rings is 5. The van der Waals surface area contributed by atoms with Crippen LogP contribution in [0.3, 0.4) is 0 Å². The summed E-state index contributed by atoms with van der Waals surface area (Å²) in [4.78, 5) is 71.7. The molecule has 2 aromatic heterocycles. The first-order chi connectivity index (χ1) is 42.7. The van der Waals surface area contributed by atoms with Crippen LogP contribution in [0.4, 0.5) is 11.6 Å². The molecular formula is C61H66Cl2N10O12SSi3. The number of nitrogens with zero attached hydrogens (tertiary/aromatic N) is 8. The number of ether oxygens (including phenoxy) is 4. The lowest BCUT2D eigenvalue weighted by molar-refractivity contribution is -0.134. The second-order valence-electron chi connectivity index (χ2n) is 22.8. The van der Waals surface area contributed by atoms with Crippen molar-refractivity contribution < 1.29 is 54.5 Å². The second kappa shape index (κ2) is 26.7. The molecule has 22 nitrogen and oxygen atoms in total. The molecule has 1 unspecified atom stereocenters. The van der Waals surface area contributed by atoms with E-state index in [1.807, 2.05) is 97.1 Å². The molecule has 0 saturated carbocycles. The maximum atomic E-state index is 13.4. The van der Waals surface area contributed by atoms with Gasteiger partial charge in [-0.05, 0) is 76.1 Å². The van der Waals surface area contributed by atoms with E-state index in [0.717, 1.165) is 55.9 Å². The van der Waals surface area contributed by atoms with Crippen LogP contribution in [0.5, 0.6) is 5.75 Å². The lowest BCUT2D eigenvalue weighted by Crippen LogP contribution is -2.70. The number of hydrogen-bond acceptors (Lipinski definition) is 17. The van der Waals surface area contributed by atoms with E-state index < -0.39 is 46.5 Å². The first-order valence-corrected chi connectivity index (χ1v) is 39.4. The van der Waals surface area contributed by atoms with E-state index in [0.29, 0.717) is 117 Å². The summed E-state index contributed by atoms with van der Waals surface area (Å²) in [6.07, 6.45) is 1.81. The molecule has 7 aromatic rings. The van der Waals surface area contributed by atoms with Gasteiger partial charge < -0.3 is 37.8 Å². The molecule has 6 heterocycles. The standard InChI is InChI=1S/C61H66Cl2N10O12SSi3/c1-80-30-31-81-32-33-82-38-51(75)65-29-17-35-88(4,5)85-89(84-87(2,3)34-16-28-64-50(74)26-14-15-27-52(76)83-53-48(62)36-39(37-49(53)63)86(77,78)79)72-58-44-22-10-11-23-45(44)60(72)70-56-42-20-8-9-21-43(42)57(67-56)71-61-47-25-13-12-24-46(47)59(73(61)89)69-55-41-19-7-6-18-40(41)54(66-55)68-58/h6-13,18-25,36-37H,14-17,26-35,38H2,1-5H3,(H,64,74)(H,65,75)(H,77,78,79). The van der Waals surface area contributed by atoms with E-state index in [1.54, 1.807) is 7.11 Å². The molecule has 0 radical (unpaired) electrons. The molecule has 1 atom stereocenters. The summed E-state index contributed by atoms with van der Waals surface area (Å²) in [5.74, 6) is 1.49. The van der Waals surface area contributed by atoms with Crippen LogP contribution in [0.2, 0.25) is 48.3 Å². The fraction of sp³-hybridized carbons (Fsp3) is 0.328. The summed E-state index contributed by atoms with van der Waals surface area (Å²) in [6.45, 7) is 10.7. The van der Waals surface area contributed by atoms with Crippen molar-refractivity contribution in [1.29, 1.82) is 0 Å². The van der Waals surface area contributed by atoms with Gasteiger partial charge in [-0.2, -0.15) is 8.42 Å². The molecule has 4 aliphatic rings. The molecule has 0 aliphatic carbocycles. The van der Waals surface area contributed by atoms with Gasteiger partial charge in [0.05, 0.1) is 41.4 Å². The van der Waals surface area contributed by atoms with E-state index in [4.69, 9.17) is 80.3 Å². The molecule has 28 heteroatoms. The Balaban J connectivity index is 0.955. The third-order valence-electron chi connectivity index (χ3n) is 15.2. The molecule has 2 amide bonds. The predicted molar refractivity (Wildman–Crippen MR) is 347 cm³/mol. The number of amides is 2. The van der Waals surface area contributed by atoms with Crippen molar-refractivity contribution in [3.8, 4) is 5.75 Å². The van der Waals surface area contributed by atoms with Gasteiger partial charge in [0.1, 0.15) is 29.2 Å². The van der Waals surface area contributed by atoms with Crippen LogP contribution < -0.4 is 26.3 Å². The van der Waals surface area contributed by atoms with Crippen LogP contribution in [0.15, 0.2) is 144 Å². The van der Waals surface area contributed by atoms with E-state index in [2.05, 4.69) is 45.3 Å². The number of carbonyl (C=O) groups is 3. The Hall–Kier alpha value is -7.19. The molecular weight excluding hydrogens is 1250 g/mol. The molecule has 0 fully saturated rings. The molecule has 5 aromatic carbocycles. The molecule has 11 rings (SSSR count). The van der Waals surface area contributed by atoms with Crippen molar-refractivity contribution in [2.45, 2.75) is 81.7 Å². The van der Waals surface area contributed by atoms with Gasteiger partial charge >= 0.3 is 14.9 Å². The lowest BCUT2D eigenvalue weighted by Gasteiger charge is -2.43. The minimum absolute atomic E-state index is 0.0771. The molecule has 0 spiro atoms. The molecule has 3 N–H and O–H groups in total. The van der Waals surface area contributed by atoms with Gasteiger partial charge in [0.25, 0.3) is 10.1 Å². The number of fused-ring (bicyclic) bond motifs is 14. The van der Waals surface area contributed by atoms with E-state index in [-0.39, 0.29) is 53.7 Å². The van der Waals surface area contributed by atoms with Crippen LogP contribution in [-0.4, -0.2) is 141 Å². The molecule has 6 bridgehead atoms. The zero-order valence-corrected chi connectivity index (χ0v) is 55.0. The van der Waals surface area contributed by atoms with E-state index >= 15 is 0 Å². The highest BCUT2D eigenvalue weighted by molar-refractivity contribution is 7.85. The number of nitrogens with one attached hydrogen (secondary N) is 2. The highest BCUT2D eigenvalue weighted by Crippen LogP contribution is 2.45. The zero-order chi connectivity index (χ0) is 62.7. The average molecular weight is 1320 g/mol. The number of carbonyl (C=O) groups excluding carboxylic acids is 3. The van der Waals surface area contributed by atoms with Crippen molar-refractivity contribution in [1.82, 2.24) is 19.1 Å². The minimum Gasteiger partial charge on any atom is -0.423 e. The van der Waals surface area contributed by atoms with Crippen LogP contribution in [-0.2, 0) is 46.9 Å². The SMILES string of the molecule is COCCOCCOCC(=O)NCCC[Si](C)(C)O[Si]1(O[Si](C)(C)CCCNC(=O)CCCCC(=O)Oc2c(Cl)cc(S(=O)(=O)O)cc2Cl)n2c3c4ccccc4c2N=C2N=C(N=c4c5ccccc5c(n41)=NC1=NC(=N3)c3ccccc31)c1ccccc12. The molecule has 4 aliphatic heterocycles. The van der Waals surface area contributed by atoms with Gasteiger partial charge in [0.2, 0.25) is 11.8 Å². The Morgan fingerprint density at radius 2 is 1.00 bits per heavy atom. The highest BCUT2D eigenvalue weighted by Gasteiger charge is 2.58. The number of unbranched alkanes of at least 4 members (excludes halogenated alkanes) is 1. The molecule has 0 saturated heterocycles. The maximum Gasteiger partial charge on any atom is 0.582 e. The van der Waals surface area contributed by atoms with Crippen LogP contribution in [0, 0.1) is 0 Å². The maximum absolute atomic E-state index is 13.4. The first kappa shape index (κ1) is 63.4.